The molecular formula is C12H20BrClN2OS. The van der Waals surface area contributed by atoms with Crippen LogP contribution in [0.1, 0.15) is 24.8 Å². The molecule has 1 heterocycles. The van der Waals surface area contributed by atoms with Crippen molar-refractivity contribution in [3.8, 4) is 0 Å². The van der Waals surface area contributed by atoms with Gasteiger partial charge >= 0.3 is 0 Å². The first-order valence-corrected chi connectivity index (χ1v) is 8.12. The van der Waals surface area contributed by atoms with Gasteiger partial charge in [0.05, 0.1) is 12.6 Å². The highest BCUT2D eigenvalue weighted by molar-refractivity contribution is 9.10. The number of thiophene rings is 1. The highest BCUT2D eigenvalue weighted by Crippen LogP contribution is 2.34. The molecule has 0 aliphatic rings. The van der Waals surface area contributed by atoms with E-state index in [0.29, 0.717) is 0 Å². The zero-order valence-corrected chi connectivity index (χ0v) is 13.9. The van der Waals surface area contributed by atoms with E-state index in [0.717, 1.165) is 39.9 Å². The lowest BCUT2D eigenvalue weighted by Gasteiger charge is -2.20. The van der Waals surface area contributed by atoms with E-state index < -0.39 is 0 Å². The number of aliphatic hydroxyl groups is 1. The number of nitrogens with one attached hydrogen (secondary N) is 1. The van der Waals surface area contributed by atoms with Gasteiger partial charge < -0.3 is 15.3 Å². The number of nitrogens with zero attached hydrogens (tertiary/aromatic N) is 1. The van der Waals surface area contributed by atoms with E-state index in [4.69, 9.17) is 11.6 Å². The second-order valence-electron chi connectivity index (χ2n) is 3.99. The maximum Gasteiger partial charge on any atom is 0.107 e. The van der Waals surface area contributed by atoms with Crippen LogP contribution < -0.4 is 5.32 Å². The van der Waals surface area contributed by atoms with Crippen LogP contribution in [0.3, 0.4) is 0 Å². The Morgan fingerprint density at radius 1 is 1.50 bits per heavy atom. The molecule has 0 radical (unpaired) electrons. The molecule has 0 aliphatic carbocycles. The molecule has 0 spiro atoms. The van der Waals surface area contributed by atoms with Crippen molar-refractivity contribution < 1.29 is 5.11 Å². The Morgan fingerprint density at radius 3 is 2.61 bits per heavy atom. The molecule has 0 aromatic carbocycles. The van der Waals surface area contributed by atoms with E-state index in [2.05, 4.69) is 40.0 Å². The molecule has 0 saturated heterocycles. The van der Waals surface area contributed by atoms with Crippen molar-refractivity contribution in [1.29, 1.82) is 0 Å². The third-order valence-electron chi connectivity index (χ3n) is 2.90. The second kappa shape index (κ2) is 8.51. The molecule has 1 atom stereocenters. The SMILES string of the molecule is CCN(CC)CCNC(CO)c1cc(Br)c(Cl)s1. The van der Waals surface area contributed by atoms with Gasteiger partial charge in [-0.2, -0.15) is 0 Å². The minimum Gasteiger partial charge on any atom is -0.394 e. The summed E-state index contributed by atoms with van der Waals surface area (Å²) < 4.78 is 1.63. The Balaban J connectivity index is 2.47. The van der Waals surface area contributed by atoms with Gasteiger partial charge in [-0.15, -0.1) is 11.3 Å². The van der Waals surface area contributed by atoms with E-state index in [1.807, 2.05) is 6.07 Å². The Morgan fingerprint density at radius 2 is 2.17 bits per heavy atom. The van der Waals surface area contributed by atoms with E-state index in [-0.39, 0.29) is 12.6 Å². The van der Waals surface area contributed by atoms with Crippen molar-refractivity contribution >= 4 is 38.9 Å². The van der Waals surface area contributed by atoms with E-state index in [1.165, 1.54) is 11.3 Å². The molecule has 1 unspecified atom stereocenters. The number of aliphatic hydroxyl groups excluding tert-OH is 1. The van der Waals surface area contributed by atoms with E-state index in [9.17, 15) is 5.11 Å². The van der Waals surface area contributed by atoms with Crippen LogP contribution in [0.2, 0.25) is 4.34 Å². The second-order valence-corrected chi connectivity index (χ2v) is 6.53. The topological polar surface area (TPSA) is 35.5 Å². The van der Waals surface area contributed by atoms with Crippen molar-refractivity contribution in [3.63, 3.8) is 0 Å². The minimum atomic E-state index is -0.0330. The van der Waals surface area contributed by atoms with Crippen LogP contribution in [-0.2, 0) is 0 Å². The first kappa shape index (κ1) is 16.4. The number of rotatable bonds is 8. The number of likely N-dealkylation sites (N-methyl/N-ethyl adjacent to an activating group) is 1. The highest BCUT2D eigenvalue weighted by atomic mass is 79.9. The van der Waals surface area contributed by atoms with E-state index in [1.54, 1.807) is 0 Å². The first-order chi connectivity index (χ1) is 8.62. The smallest absolute Gasteiger partial charge is 0.107 e. The van der Waals surface area contributed by atoms with Gasteiger partial charge in [0.15, 0.2) is 0 Å². The Kier molecular flexibility index (Phi) is 7.75. The van der Waals surface area contributed by atoms with Crippen molar-refractivity contribution in [2.45, 2.75) is 19.9 Å². The summed E-state index contributed by atoms with van der Waals surface area (Å²) >= 11 is 10.9. The van der Waals surface area contributed by atoms with Gasteiger partial charge in [0.2, 0.25) is 0 Å². The molecule has 104 valence electrons. The molecule has 18 heavy (non-hydrogen) atoms. The first-order valence-electron chi connectivity index (χ1n) is 6.13. The Bertz CT molecular complexity index is 338. The summed E-state index contributed by atoms with van der Waals surface area (Å²) in [6.45, 7) is 8.36. The van der Waals surface area contributed by atoms with Crippen LogP contribution in [-0.4, -0.2) is 42.8 Å². The molecule has 0 saturated carbocycles. The van der Waals surface area contributed by atoms with Gasteiger partial charge in [0, 0.05) is 22.4 Å². The summed E-state index contributed by atoms with van der Waals surface area (Å²) in [5.74, 6) is 0. The average Bonchev–Trinajstić information content (AvgIpc) is 2.70. The fourth-order valence-corrected chi connectivity index (χ4v) is 3.53. The molecule has 0 amide bonds. The molecule has 6 heteroatoms. The predicted molar refractivity (Wildman–Crippen MR) is 82.6 cm³/mol. The summed E-state index contributed by atoms with van der Waals surface area (Å²) in [6.07, 6.45) is 0. The highest BCUT2D eigenvalue weighted by Gasteiger charge is 2.14. The molecule has 0 fully saturated rings. The van der Waals surface area contributed by atoms with Crippen molar-refractivity contribution in [2.75, 3.05) is 32.8 Å². The molecule has 0 bridgehead atoms. The molecular weight excluding hydrogens is 336 g/mol. The number of hydrogen-bond acceptors (Lipinski definition) is 4. The van der Waals surface area contributed by atoms with Gasteiger partial charge in [0.1, 0.15) is 4.34 Å². The van der Waals surface area contributed by atoms with E-state index >= 15 is 0 Å². The lowest BCUT2D eigenvalue weighted by Crippen LogP contribution is -2.34. The maximum atomic E-state index is 9.43. The molecule has 1 aromatic rings. The molecule has 3 nitrogen and oxygen atoms in total. The Hall–Kier alpha value is 0.350. The Labute approximate surface area is 126 Å². The summed E-state index contributed by atoms with van der Waals surface area (Å²) in [5, 5.41) is 12.8. The van der Waals surface area contributed by atoms with Gasteiger partial charge in [0.25, 0.3) is 0 Å². The number of halogens is 2. The third-order valence-corrected chi connectivity index (χ3v) is 5.49. The van der Waals surface area contributed by atoms with Gasteiger partial charge in [-0.3, -0.25) is 0 Å². The van der Waals surface area contributed by atoms with Gasteiger partial charge in [-0.05, 0) is 35.1 Å². The monoisotopic (exact) mass is 354 g/mol. The molecule has 1 aromatic heterocycles. The zero-order valence-electron chi connectivity index (χ0n) is 10.7. The van der Waals surface area contributed by atoms with Gasteiger partial charge in [-0.1, -0.05) is 25.4 Å². The predicted octanol–water partition coefficient (Wildman–Crippen LogP) is 3.13. The van der Waals surface area contributed by atoms with Gasteiger partial charge in [-0.25, -0.2) is 0 Å². The zero-order chi connectivity index (χ0) is 13.5. The van der Waals surface area contributed by atoms with Crippen LogP contribution in [0.15, 0.2) is 10.5 Å². The normalized spacial score (nSPS) is 13.2. The molecule has 2 N–H and O–H groups in total. The van der Waals surface area contributed by atoms with Crippen LogP contribution in [0.5, 0.6) is 0 Å². The minimum absolute atomic E-state index is 0.0330. The lowest BCUT2D eigenvalue weighted by atomic mass is 10.2. The summed E-state index contributed by atoms with van der Waals surface area (Å²) in [7, 11) is 0. The van der Waals surface area contributed by atoms with Crippen LogP contribution in [0.4, 0.5) is 0 Å². The van der Waals surface area contributed by atoms with Crippen LogP contribution in [0.25, 0.3) is 0 Å². The molecule has 1 rings (SSSR count). The summed E-state index contributed by atoms with van der Waals surface area (Å²) in [6, 6.07) is 1.94. The standard InChI is InChI=1S/C12H20BrClN2OS/c1-3-16(4-2)6-5-15-10(8-17)11-7-9(13)12(14)18-11/h7,10,15,17H,3-6,8H2,1-2H3. The fourth-order valence-electron chi connectivity index (χ4n) is 1.73. The molecule has 0 aliphatic heterocycles. The fraction of sp³-hybridized carbons (Fsp3) is 0.667. The third kappa shape index (κ3) is 4.79. The van der Waals surface area contributed by atoms with Crippen molar-refractivity contribution in [1.82, 2.24) is 10.2 Å². The quantitative estimate of drug-likeness (QED) is 0.752. The van der Waals surface area contributed by atoms with Crippen molar-refractivity contribution in [3.05, 3.63) is 19.8 Å². The summed E-state index contributed by atoms with van der Waals surface area (Å²) in [4.78, 5) is 3.41. The average molecular weight is 356 g/mol. The maximum absolute atomic E-state index is 9.43. The largest absolute Gasteiger partial charge is 0.394 e. The van der Waals surface area contributed by atoms with Crippen LogP contribution >= 0.6 is 38.9 Å². The van der Waals surface area contributed by atoms with Crippen molar-refractivity contribution in [2.24, 2.45) is 0 Å². The lowest BCUT2D eigenvalue weighted by molar-refractivity contribution is 0.235. The summed E-state index contributed by atoms with van der Waals surface area (Å²) in [5.41, 5.74) is 0. The van der Waals surface area contributed by atoms with Crippen LogP contribution in [0, 0.1) is 0 Å². The number of hydrogen-bond donors (Lipinski definition) is 2.